The molecule has 1 rings (SSSR count). The van der Waals surface area contributed by atoms with Crippen molar-refractivity contribution in [3.05, 3.63) is 24.3 Å². The van der Waals surface area contributed by atoms with Crippen LogP contribution in [0.4, 0.5) is 0 Å². The quantitative estimate of drug-likeness (QED) is 0.741. The van der Waals surface area contributed by atoms with Crippen LogP contribution in [0.3, 0.4) is 0 Å². The molecule has 0 amide bonds. The lowest BCUT2D eigenvalue weighted by Gasteiger charge is -2.16. The summed E-state index contributed by atoms with van der Waals surface area (Å²) in [6, 6.07) is 6.79. The Bertz CT molecular complexity index is 381. The van der Waals surface area contributed by atoms with Crippen LogP contribution in [-0.2, 0) is 9.53 Å². The van der Waals surface area contributed by atoms with Gasteiger partial charge < -0.3 is 19.5 Å². The summed E-state index contributed by atoms with van der Waals surface area (Å²) in [4.78, 5) is 11.6. The topological polar surface area (TPSA) is 56.8 Å². The van der Waals surface area contributed by atoms with Gasteiger partial charge in [0.15, 0.2) is 11.5 Å². The van der Waals surface area contributed by atoms with Crippen molar-refractivity contribution in [2.75, 3.05) is 27.4 Å². The molecule has 1 unspecified atom stereocenters. The number of rotatable bonds is 7. The largest absolute Gasteiger partial charge is 0.493 e. The summed E-state index contributed by atoms with van der Waals surface area (Å²) in [6.07, 6.45) is 0. The van der Waals surface area contributed by atoms with E-state index in [2.05, 4.69) is 5.32 Å². The molecule has 18 heavy (non-hydrogen) atoms. The Kier molecular flexibility index (Phi) is 6.00. The van der Waals surface area contributed by atoms with E-state index in [4.69, 9.17) is 14.2 Å². The molecule has 0 aliphatic heterocycles. The highest BCUT2D eigenvalue weighted by atomic mass is 16.5. The molecule has 0 radical (unpaired) electrons. The Morgan fingerprint density at radius 3 is 2.56 bits per heavy atom. The van der Waals surface area contributed by atoms with E-state index in [-0.39, 0.29) is 12.6 Å². The van der Waals surface area contributed by atoms with Gasteiger partial charge >= 0.3 is 5.97 Å². The fraction of sp³-hybridized carbons (Fsp3) is 0.462. The second kappa shape index (κ2) is 7.55. The molecule has 0 spiro atoms. The fourth-order valence-corrected chi connectivity index (χ4v) is 1.42. The number of benzene rings is 1. The third-order valence-electron chi connectivity index (χ3n) is 2.39. The first-order valence-electron chi connectivity index (χ1n) is 5.82. The van der Waals surface area contributed by atoms with Gasteiger partial charge in [0, 0.05) is 0 Å². The van der Waals surface area contributed by atoms with E-state index < -0.39 is 6.04 Å². The maximum absolute atomic E-state index is 11.6. The highest BCUT2D eigenvalue weighted by Gasteiger charge is 2.18. The van der Waals surface area contributed by atoms with Crippen molar-refractivity contribution in [1.82, 2.24) is 5.32 Å². The highest BCUT2D eigenvalue weighted by molar-refractivity contribution is 5.75. The van der Waals surface area contributed by atoms with Crippen LogP contribution < -0.4 is 14.8 Å². The number of esters is 1. The second-order valence-corrected chi connectivity index (χ2v) is 3.56. The molecule has 5 heteroatoms. The van der Waals surface area contributed by atoms with Crippen LogP contribution in [0, 0.1) is 0 Å². The van der Waals surface area contributed by atoms with Crippen LogP contribution in [0.15, 0.2) is 24.3 Å². The number of carbonyl (C=O) groups excluding carboxylic acids is 1. The fourth-order valence-electron chi connectivity index (χ4n) is 1.42. The predicted molar refractivity (Wildman–Crippen MR) is 68.0 cm³/mol. The van der Waals surface area contributed by atoms with Gasteiger partial charge in [-0.2, -0.15) is 0 Å². The van der Waals surface area contributed by atoms with Crippen LogP contribution in [-0.4, -0.2) is 39.4 Å². The number of likely N-dealkylation sites (N-methyl/N-ethyl adjacent to an activating group) is 1. The summed E-state index contributed by atoms with van der Waals surface area (Å²) in [5.74, 6) is 0.913. The molecule has 0 aromatic heterocycles. The van der Waals surface area contributed by atoms with E-state index in [9.17, 15) is 4.79 Å². The number of hydrogen-bond acceptors (Lipinski definition) is 5. The van der Waals surface area contributed by atoms with Gasteiger partial charge in [-0.1, -0.05) is 12.1 Å². The third-order valence-corrected chi connectivity index (χ3v) is 2.39. The Labute approximate surface area is 107 Å². The van der Waals surface area contributed by atoms with Crippen LogP contribution in [0.1, 0.15) is 6.92 Å². The van der Waals surface area contributed by atoms with Crippen molar-refractivity contribution in [2.45, 2.75) is 13.0 Å². The minimum atomic E-state index is -0.491. The van der Waals surface area contributed by atoms with Gasteiger partial charge in [0.25, 0.3) is 0 Å². The molecule has 5 nitrogen and oxygen atoms in total. The predicted octanol–water partition coefficient (Wildman–Crippen LogP) is 1.23. The summed E-state index contributed by atoms with van der Waals surface area (Å²) in [5.41, 5.74) is 0. The molecular weight excluding hydrogens is 234 g/mol. The number of methoxy groups -OCH3 is 1. The minimum absolute atomic E-state index is 0.190. The third kappa shape index (κ3) is 3.92. The summed E-state index contributed by atoms with van der Waals surface area (Å²) in [5, 5.41) is 2.85. The van der Waals surface area contributed by atoms with E-state index in [0.717, 1.165) is 0 Å². The van der Waals surface area contributed by atoms with Gasteiger partial charge in [0.05, 0.1) is 13.7 Å². The summed E-state index contributed by atoms with van der Waals surface area (Å²) >= 11 is 0. The molecule has 1 aromatic rings. The van der Waals surface area contributed by atoms with E-state index in [1.165, 1.54) is 0 Å². The molecule has 0 saturated heterocycles. The number of ether oxygens (including phenoxy) is 3. The van der Waals surface area contributed by atoms with E-state index in [1.807, 2.05) is 12.1 Å². The lowest BCUT2D eigenvalue weighted by atomic mass is 10.3. The highest BCUT2D eigenvalue weighted by Crippen LogP contribution is 2.25. The zero-order valence-corrected chi connectivity index (χ0v) is 10.9. The van der Waals surface area contributed by atoms with Crippen LogP contribution in [0.2, 0.25) is 0 Å². The second-order valence-electron chi connectivity index (χ2n) is 3.56. The summed E-state index contributed by atoms with van der Waals surface area (Å²) < 4.78 is 15.6. The standard InChI is InChI=1S/C13H19NO4/c1-4-17-13(15)10(14-2)9-18-12-8-6-5-7-11(12)16-3/h5-8,10,14H,4,9H2,1-3H3. The van der Waals surface area contributed by atoms with Gasteiger partial charge in [-0.3, -0.25) is 4.79 Å². The van der Waals surface area contributed by atoms with Crippen molar-refractivity contribution >= 4 is 5.97 Å². The van der Waals surface area contributed by atoms with Gasteiger partial charge in [0.2, 0.25) is 0 Å². The van der Waals surface area contributed by atoms with Crippen LogP contribution in [0.5, 0.6) is 11.5 Å². The molecule has 1 atom stereocenters. The number of para-hydroxylation sites is 2. The molecule has 0 bridgehead atoms. The van der Waals surface area contributed by atoms with Crippen molar-refractivity contribution in [2.24, 2.45) is 0 Å². The van der Waals surface area contributed by atoms with Crippen LogP contribution >= 0.6 is 0 Å². The van der Waals surface area contributed by atoms with Crippen molar-refractivity contribution in [1.29, 1.82) is 0 Å². The van der Waals surface area contributed by atoms with Gasteiger partial charge in [-0.15, -0.1) is 0 Å². The first-order chi connectivity index (χ1) is 8.72. The zero-order chi connectivity index (χ0) is 13.4. The van der Waals surface area contributed by atoms with Crippen molar-refractivity contribution < 1.29 is 19.0 Å². The molecule has 100 valence electrons. The average molecular weight is 253 g/mol. The molecule has 0 saturated carbocycles. The smallest absolute Gasteiger partial charge is 0.326 e. The van der Waals surface area contributed by atoms with Gasteiger partial charge in [-0.25, -0.2) is 0 Å². The molecule has 0 heterocycles. The SMILES string of the molecule is CCOC(=O)C(COc1ccccc1OC)NC. The van der Waals surface area contributed by atoms with Gasteiger partial charge in [-0.05, 0) is 26.1 Å². The molecule has 0 fully saturated rings. The average Bonchev–Trinajstić information content (AvgIpc) is 2.40. The van der Waals surface area contributed by atoms with E-state index in [0.29, 0.717) is 18.1 Å². The minimum Gasteiger partial charge on any atom is -0.493 e. The Morgan fingerprint density at radius 1 is 1.33 bits per heavy atom. The maximum atomic E-state index is 11.6. The summed E-state index contributed by atoms with van der Waals surface area (Å²) in [6.45, 7) is 2.31. The normalized spacial score (nSPS) is 11.7. The first-order valence-corrected chi connectivity index (χ1v) is 5.82. The van der Waals surface area contributed by atoms with Crippen LogP contribution in [0.25, 0.3) is 0 Å². The Morgan fingerprint density at radius 2 is 2.00 bits per heavy atom. The number of nitrogens with one attached hydrogen (secondary N) is 1. The molecule has 1 aromatic carbocycles. The zero-order valence-electron chi connectivity index (χ0n) is 10.9. The lowest BCUT2D eigenvalue weighted by Crippen LogP contribution is -2.40. The molecule has 0 aliphatic carbocycles. The summed E-state index contributed by atoms with van der Waals surface area (Å²) in [7, 11) is 3.26. The molecule has 0 aliphatic rings. The van der Waals surface area contributed by atoms with Crippen molar-refractivity contribution in [3.63, 3.8) is 0 Å². The molecule has 1 N–H and O–H groups in total. The number of carbonyl (C=O) groups is 1. The lowest BCUT2D eigenvalue weighted by molar-refractivity contribution is -0.146. The number of hydrogen-bond donors (Lipinski definition) is 1. The van der Waals surface area contributed by atoms with Crippen molar-refractivity contribution in [3.8, 4) is 11.5 Å². The maximum Gasteiger partial charge on any atom is 0.326 e. The van der Waals surface area contributed by atoms with E-state index in [1.54, 1.807) is 33.2 Å². The molecular formula is C13H19NO4. The van der Waals surface area contributed by atoms with E-state index >= 15 is 0 Å². The first kappa shape index (κ1) is 14.3. The monoisotopic (exact) mass is 253 g/mol. The van der Waals surface area contributed by atoms with Gasteiger partial charge in [0.1, 0.15) is 12.6 Å². The Balaban J connectivity index is 2.59. The Hall–Kier alpha value is -1.75.